The molecule has 0 aliphatic heterocycles. The Bertz CT molecular complexity index is 576. The monoisotopic (exact) mass is 426 g/mol. The molecular formula is C18H34N8S2. The van der Waals surface area contributed by atoms with Crippen LogP contribution in [0, 0.1) is 0 Å². The quantitative estimate of drug-likeness (QED) is 0.252. The highest BCUT2D eigenvalue weighted by molar-refractivity contribution is 8.76. The predicted molar refractivity (Wildman–Crippen MR) is 114 cm³/mol. The number of aryl methyl sites for hydroxylation is 2. The summed E-state index contributed by atoms with van der Waals surface area (Å²) in [5.74, 6) is 0. The van der Waals surface area contributed by atoms with Gasteiger partial charge in [0, 0.05) is 13.1 Å². The molecule has 158 valence electrons. The van der Waals surface area contributed by atoms with Crippen molar-refractivity contribution in [3.63, 3.8) is 0 Å². The molecule has 0 saturated heterocycles. The molecule has 10 heteroatoms. The number of hydrogen-bond acceptors (Lipinski definition) is 8. The van der Waals surface area contributed by atoms with Crippen LogP contribution in [0.15, 0.2) is 10.3 Å². The number of tetrazole rings is 2. The van der Waals surface area contributed by atoms with Crippen molar-refractivity contribution >= 4 is 21.6 Å². The predicted octanol–water partition coefficient (Wildman–Crippen LogP) is 5.18. The molecule has 0 radical (unpaired) electrons. The minimum atomic E-state index is 0.813. The maximum Gasteiger partial charge on any atom is 0.220 e. The van der Waals surface area contributed by atoms with E-state index in [4.69, 9.17) is 0 Å². The van der Waals surface area contributed by atoms with Crippen LogP contribution in [-0.2, 0) is 13.1 Å². The highest BCUT2D eigenvalue weighted by Gasteiger charge is 2.12. The van der Waals surface area contributed by atoms with Crippen molar-refractivity contribution in [1.29, 1.82) is 0 Å². The molecular weight excluding hydrogens is 392 g/mol. The Labute approximate surface area is 176 Å². The molecule has 8 nitrogen and oxygen atoms in total. The van der Waals surface area contributed by atoms with Gasteiger partial charge >= 0.3 is 0 Å². The standard InChI is InChI=1S/C18H34N8S2/c1-3-5-7-9-11-13-15-25-17(19-21-23-25)27-28-18-20-22-24-26(18)16-14-12-10-8-6-4-2/h3-16H2,1-2H3. The van der Waals surface area contributed by atoms with Gasteiger partial charge in [-0.25, -0.2) is 9.36 Å². The summed E-state index contributed by atoms with van der Waals surface area (Å²) in [4.78, 5) is 0. The number of hydrogen-bond donors (Lipinski definition) is 0. The van der Waals surface area contributed by atoms with Crippen LogP contribution in [0.4, 0.5) is 0 Å². The van der Waals surface area contributed by atoms with E-state index < -0.39 is 0 Å². The summed E-state index contributed by atoms with van der Waals surface area (Å²) >= 11 is 0. The van der Waals surface area contributed by atoms with Crippen molar-refractivity contribution in [3.8, 4) is 0 Å². The van der Waals surface area contributed by atoms with Gasteiger partial charge in [0.2, 0.25) is 10.3 Å². The summed E-state index contributed by atoms with van der Waals surface area (Å²) in [6.07, 6.45) is 15.1. The van der Waals surface area contributed by atoms with E-state index in [-0.39, 0.29) is 0 Å². The van der Waals surface area contributed by atoms with Crippen LogP contribution in [0.1, 0.15) is 90.9 Å². The summed E-state index contributed by atoms with van der Waals surface area (Å²) in [5.41, 5.74) is 0. The number of aromatic nitrogens is 8. The lowest BCUT2D eigenvalue weighted by molar-refractivity contribution is 0.491. The third-order valence-electron chi connectivity index (χ3n) is 4.64. The smallest absolute Gasteiger partial charge is 0.220 e. The van der Waals surface area contributed by atoms with E-state index in [1.807, 2.05) is 9.36 Å². The molecule has 0 amide bonds. The van der Waals surface area contributed by atoms with E-state index in [1.54, 1.807) is 0 Å². The summed E-state index contributed by atoms with van der Waals surface area (Å²) in [5, 5.41) is 25.8. The van der Waals surface area contributed by atoms with Gasteiger partial charge in [0.25, 0.3) is 0 Å². The molecule has 28 heavy (non-hydrogen) atoms. The van der Waals surface area contributed by atoms with Crippen molar-refractivity contribution in [3.05, 3.63) is 0 Å². The zero-order chi connectivity index (χ0) is 19.9. The first-order chi connectivity index (χ1) is 13.8. The zero-order valence-corrected chi connectivity index (χ0v) is 18.9. The van der Waals surface area contributed by atoms with Gasteiger partial charge in [0.1, 0.15) is 0 Å². The molecule has 0 unspecified atom stereocenters. The van der Waals surface area contributed by atoms with E-state index >= 15 is 0 Å². The van der Waals surface area contributed by atoms with E-state index in [0.717, 1.165) is 36.2 Å². The van der Waals surface area contributed by atoms with Gasteiger partial charge in [-0.15, -0.1) is 10.2 Å². The van der Waals surface area contributed by atoms with Crippen molar-refractivity contribution in [2.24, 2.45) is 0 Å². The molecule has 2 aromatic heterocycles. The van der Waals surface area contributed by atoms with Crippen molar-refractivity contribution < 1.29 is 0 Å². The Kier molecular flexibility index (Phi) is 12.2. The van der Waals surface area contributed by atoms with Gasteiger partial charge in [0.15, 0.2) is 0 Å². The van der Waals surface area contributed by atoms with Crippen molar-refractivity contribution in [1.82, 2.24) is 40.4 Å². The third kappa shape index (κ3) is 8.89. The van der Waals surface area contributed by atoms with Gasteiger partial charge in [-0.2, -0.15) is 0 Å². The van der Waals surface area contributed by atoms with Crippen LogP contribution >= 0.6 is 21.6 Å². The second-order valence-electron chi connectivity index (χ2n) is 7.07. The first-order valence-electron chi connectivity index (χ1n) is 10.7. The fraction of sp³-hybridized carbons (Fsp3) is 0.889. The summed E-state index contributed by atoms with van der Waals surface area (Å²) < 4.78 is 3.78. The Morgan fingerprint density at radius 3 is 1.39 bits per heavy atom. The molecule has 2 rings (SSSR count). The number of rotatable bonds is 17. The van der Waals surface area contributed by atoms with Gasteiger partial charge < -0.3 is 0 Å². The summed E-state index contributed by atoms with van der Waals surface area (Å²) in [6.45, 7) is 6.22. The fourth-order valence-corrected chi connectivity index (χ4v) is 4.83. The molecule has 0 N–H and O–H groups in total. The molecule has 2 heterocycles. The lowest BCUT2D eigenvalue weighted by Crippen LogP contribution is -2.03. The highest BCUT2D eigenvalue weighted by Crippen LogP contribution is 2.34. The van der Waals surface area contributed by atoms with Crippen LogP contribution in [0.5, 0.6) is 0 Å². The maximum absolute atomic E-state index is 4.14. The molecule has 0 aliphatic rings. The van der Waals surface area contributed by atoms with Crippen LogP contribution in [0.3, 0.4) is 0 Å². The second-order valence-corrected chi connectivity index (χ2v) is 9.14. The van der Waals surface area contributed by atoms with E-state index in [0.29, 0.717) is 0 Å². The average molecular weight is 427 g/mol. The first-order valence-corrected chi connectivity index (χ1v) is 12.9. The normalized spacial score (nSPS) is 11.4. The minimum absolute atomic E-state index is 0.813. The van der Waals surface area contributed by atoms with Gasteiger partial charge in [-0.3, -0.25) is 0 Å². The largest absolute Gasteiger partial charge is 0.220 e. The topological polar surface area (TPSA) is 87.2 Å². The second kappa shape index (κ2) is 14.8. The van der Waals surface area contributed by atoms with Crippen LogP contribution < -0.4 is 0 Å². The maximum atomic E-state index is 4.14. The Hall–Kier alpha value is -1.16. The number of unbranched alkanes of at least 4 members (excludes halogenated alkanes) is 10. The van der Waals surface area contributed by atoms with Crippen LogP contribution in [0.25, 0.3) is 0 Å². The van der Waals surface area contributed by atoms with E-state index in [1.165, 1.54) is 85.8 Å². The fourth-order valence-electron chi connectivity index (χ4n) is 2.95. The summed E-state index contributed by atoms with van der Waals surface area (Å²) in [6, 6.07) is 0. The molecule has 0 spiro atoms. The molecule has 0 atom stereocenters. The Morgan fingerprint density at radius 2 is 0.964 bits per heavy atom. The third-order valence-corrected chi connectivity index (χ3v) is 6.75. The van der Waals surface area contributed by atoms with Crippen molar-refractivity contribution in [2.45, 2.75) is 114 Å². The van der Waals surface area contributed by atoms with Gasteiger partial charge in [-0.1, -0.05) is 78.1 Å². The molecule has 2 aromatic rings. The lowest BCUT2D eigenvalue weighted by atomic mass is 10.1. The van der Waals surface area contributed by atoms with Gasteiger partial charge in [-0.05, 0) is 55.3 Å². The average Bonchev–Trinajstić information content (AvgIpc) is 3.34. The molecule has 0 fully saturated rings. The van der Waals surface area contributed by atoms with Crippen molar-refractivity contribution in [2.75, 3.05) is 0 Å². The van der Waals surface area contributed by atoms with Crippen LogP contribution in [0.2, 0.25) is 0 Å². The van der Waals surface area contributed by atoms with Gasteiger partial charge in [0.05, 0.1) is 0 Å². The first kappa shape index (κ1) is 23.1. The molecule has 0 bridgehead atoms. The zero-order valence-electron chi connectivity index (χ0n) is 17.3. The molecule has 0 aliphatic carbocycles. The van der Waals surface area contributed by atoms with E-state index in [9.17, 15) is 0 Å². The Balaban J connectivity index is 1.69. The van der Waals surface area contributed by atoms with E-state index in [2.05, 4.69) is 44.9 Å². The van der Waals surface area contributed by atoms with Crippen LogP contribution in [-0.4, -0.2) is 40.4 Å². The minimum Gasteiger partial charge on any atom is -0.220 e. The summed E-state index contributed by atoms with van der Waals surface area (Å²) in [7, 11) is 3.06. The highest BCUT2D eigenvalue weighted by atomic mass is 33.1. The Morgan fingerprint density at radius 1 is 0.571 bits per heavy atom. The lowest BCUT2D eigenvalue weighted by Gasteiger charge is -2.05. The SMILES string of the molecule is CCCCCCCCn1nnnc1SSc1nnnn1CCCCCCCC. The molecule has 0 saturated carbocycles. The number of nitrogens with zero attached hydrogens (tertiary/aromatic N) is 8. The molecule has 0 aromatic carbocycles.